The third kappa shape index (κ3) is 4.38. The first-order valence-electron chi connectivity index (χ1n) is 12.2. The number of carbonyl (C=O) groups excluding carboxylic acids is 4. The molecule has 34 heavy (non-hydrogen) atoms. The summed E-state index contributed by atoms with van der Waals surface area (Å²) in [6.07, 6.45) is 0.344. The molecule has 3 aliphatic rings. The van der Waals surface area contributed by atoms with Gasteiger partial charge in [0.15, 0.2) is 0 Å². The highest BCUT2D eigenvalue weighted by molar-refractivity contribution is 6.05. The lowest BCUT2D eigenvalue weighted by Crippen LogP contribution is -2.52. The number of imide groups is 1. The topological polar surface area (TPSA) is 105 Å². The molecule has 0 saturated carbocycles. The molecule has 0 aliphatic carbocycles. The Labute approximate surface area is 199 Å². The maximum absolute atomic E-state index is 13.1. The van der Waals surface area contributed by atoms with E-state index in [2.05, 4.69) is 5.32 Å². The van der Waals surface area contributed by atoms with Crippen LogP contribution in [0, 0.1) is 0 Å². The van der Waals surface area contributed by atoms with Gasteiger partial charge in [-0.25, -0.2) is 0 Å². The highest BCUT2D eigenvalue weighted by Crippen LogP contribution is 2.34. The number of rotatable bonds is 6. The highest BCUT2D eigenvalue weighted by atomic mass is 16.5. The number of hydrogen-bond donors (Lipinski definition) is 1. The maximum Gasteiger partial charge on any atom is 0.255 e. The van der Waals surface area contributed by atoms with E-state index < -0.39 is 17.9 Å². The van der Waals surface area contributed by atoms with Crippen LogP contribution in [0.2, 0.25) is 0 Å². The van der Waals surface area contributed by atoms with Crippen molar-refractivity contribution in [3.05, 3.63) is 64.7 Å². The number of amides is 4. The van der Waals surface area contributed by atoms with Crippen LogP contribution >= 0.6 is 0 Å². The van der Waals surface area contributed by atoms with Crippen LogP contribution in [0.3, 0.4) is 0 Å². The second kappa shape index (κ2) is 9.26. The number of morpholine rings is 1. The van der Waals surface area contributed by atoms with E-state index in [1.165, 1.54) is 11.0 Å². The first-order valence-corrected chi connectivity index (χ1v) is 11.2. The van der Waals surface area contributed by atoms with Crippen molar-refractivity contribution >= 4 is 23.6 Å². The number of hydrogen-bond acceptors (Lipinski definition) is 6. The van der Waals surface area contributed by atoms with Gasteiger partial charge in [-0.15, -0.1) is 0 Å². The molecule has 4 amide bonds. The Kier molecular flexibility index (Phi) is 5.37. The number of benzene rings is 2. The minimum atomic E-state index is -0.810. The van der Waals surface area contributed by atoms with Crippen molar-refractivity contribution in [1.82, 2.24) is 15.1 Å². The van der Waals surface area contributed by atoms with Crippen LogP contribution in [0.1, 0.15) is 42.6 Å². The van der Waals surface area contributed by atoms with Crippen molar-refractivity contribution in [3.8, 4) is 5.75 Å². The summed E-state index contributed by atoms with van der Waals surface area (Å²) in [5, 5.41) is 2.26. The van der Waals surface area contributed by atoms with E-state index in [4.69, 9.17) is 12.2 Å². The summed E-state index contributed by atoms with van der Waals surface area (Å²) in [6.45, 7) is 1.85. The summed E-state index contributed by atoms with van der Waals surface area (Å²) in [7, 11) is 0. The molecule has 5 rings (SSSR count). The largest absolute Gasteiger partial charge is 0.489 e. The molecule has 2 saturated heterocycles. The second-order valence-electron chi connectivity index (χ2n) is 8.49. The predicted octanol–water partition coefficient (Wildman–Crippen LogP) is 1.39. The van der Waals surface area contributed by atoms with Crippen LogP contribution in [0.4, 0.5) is 0 Å². The van der Waals surface area contributed by atoms with E-state index in [1.807, 2.05) is 24.3 Å². The average molecular weight is 466 g/mol. The van der Waals surface area contributed by atoms with Crippen LogP contribution in [0.15, 0.2) is 42.4 Å². The molecule has 2 fully saturated rings. The summed E-state index contributed by atoms with van der Waals surface area (Å²) in [6, 6.07) is 7.93. The molecular weight excluding hydrogens is 438 g/mol. The number of ether oxygens (including phenoxy) is 2. The van der Waals surface area contributed by atoms with E-state index in [1.54, 1.807) is 4.90 Å². The van der Waals surface area contributed by atoms with Crippen molar-refractivity contribution in [2.24, 2.45) is 0 Å². The lowest BCUT2D eigenvalue weighted by atomic mass is 10.0. The Morgan fingerprint density at radius 3 is 2.68 bits per heavy atom. The Morgan fingerprint density at radius 2 is 1.91 bits per heavy atom. The quantitative estimate of drug-likeness (QED) is 0.647. The zero-order valence-electron chi connectivity index (χ0n) is 20.5. The molecule has 2 aromatic carbocycles. The van der Waals surface area contributed by atoms with Crippen LogP contribution in [-0.4, -0.2) is 59.2 Å². The van der Waals surface area contributed by atoms with Gasteiger partial charge in [0, 0.05) is 30.6 Å². The van der Waals surface area contributed by atoms with Gasteiger partial charge in [0.05, 0.1) is 15.9 Å². The van der Waals surface area contributed by atoms with Crippen LogP contribution in [0.25, 0.3) is 0 Å². The standard InChI is InChI=1S/C25H25N3O6/c29-22-9-8-20(24(31)26-22)28-13-19-18(25(28)32)2-1-3-21(19)34-14-17-6-4-16(5-7-17)12-27-10-11-33-15-23(27)30/h1-7,20H,8-15H2,(H,26,29,31)/i2D,3D. The van der Waals surface area contributed by atoms with E-state index in [9.17, 15) is 19.2 Å². The lowest BCUT2D eigenvalue weighted by molar-refractivity contribution is -0.143. The smallest absolute Gasteiger partial charge is 0.255 e. The number of nitrogens with zero attached hydrogens (tertiary/aromatic N) is 2. The van der Waals surface area contributed by atoms with Gasteiger partial charge < -0.3 is 19.3 Å². The molecular formula is C25H25N3O6. The molecule has 1 atom stereocenters. The molecule has 0 bridgehead atoms. The molecule has 0 aromatic heterocycles. The van der Waals surface area contributed by atoms with Gasteiger partial charge in [0.25, 0.3) is 5.91 Å². The lowest BCUT2D eigenvalue weighted by Gasteiger charge is -2.29. The Morgan fingerprint density at radius 1 is 1.12 bits per heavy atom. The molecule has 2 aromatic rings. The second-order valence-corrected chi connectivity index (χ2v) is 8.49. The molecule has 3 heterocycles. The van der Waals surface area contributed by atoms with Crippen molar-refractivity contribution in [2.45, 2.75) is 38.6 Å². The van der Waals surface area contributed by atoms with E-state index in [-0.39, 0.29) is 67.8 Å². The zero-order valence-corrected chi connectivity index (χ0v) is 18.5. The number of carbonyl (C=O) groups is 4. The van der Waals surface area contributed by atoms with E-state index >= 15 is 0 Å². The average Bonchev–Trinajstić information content (AvgIpc) is 3.18. The monoisotopic (exact) mass is 465 g/mol. The number of fused-ring (bicyclic) bond motifs is 1. The SMILES string of the molecule is [2H]c1cc([2H])c2c(c1OCc1ccc(CN3CCOCC3=O)cc1)CN(C1CCC(=O)NC1=O)C2=O. The summed E-state index contributed by atoms with van der Waals surface area (Å²) in [5.41, 5.74) is 2.34. The Bertz CT molecular complexity index is 1250. The van der Waals surface area contributed by atoms with Crippen LogP contribution in [-0.2, 0) is 38.8 Å². The van der Waals surface area contributed by atoms with Crippen molar-refractivity contribution in [3.63, 3.8) is 0 Å². The van der Waals surface area contributed by atoms with E-state index in [0.717, 1.165) is 11.1 Å². The summed E-state index contributed by atoms with van der Waals surface area (Å²) in [5.74, 6) is -1.22. The summed E-state index contributed by atoms with van der Waals surface area (Å²) < 4.78 is 27.7. The Balaban J connectivity index is 1.30. The minimum Gasteiger partial charge on any atom is -0.489 e. The fourth-order valence-corrected chi connectivity index (χ4v) is 4.38. The first-order chi connectivity index (χ1) is 17.3. The van der Waals surface area contributed by atoms with Gasteiger partial charge in [-0.3, -0.25) is 24.5 Å². The minimum absolute atomic E-state index is 0.0147. The van der Waals surface area contributed by atoms with Crippen LogP contribution < -0.4 is 10.1 Å². The van der Waals surface area contributed by atoms with Crippen molar-refractivity contribution < 1.29 is 31.4 Å². The van der Waals surface area contributed by atoms with Gasteiger partial charge in [-0.2, -0.15) is 0 Å². The molecule has 1 unspecified atom stereocenters. The van der Waals surface area contributed by atoms with Gasteiger partial charge in [0.1, 0.15) is 25.0 Å². The van der Waals surface area contributed by atoms with Gasteiger partial charge in [0.2, 0.25) is 17.7 Å². The molecule has 9 nitrogen and oxygen atoms in total. The normalized spacial score (nSPS) is 21.2. The van der Waals surface area contributed by atoms with Crippen molar-refractivity contribution in [2.75, 3.05) is 19.8 Å². The summed E-state index contributed by atoms with van der Waals surface area (Å²) in [4.78, 5) is 52.0. The molecule has 9 heteroatoms. The fourth-order valence-electron chi connectivity index (χ4n) is 4.38. The molecule has 0 radical (unpaired) electrons. The maximum atomic E-state index is 13.1. The molecule has 1 N–H and O–H groups in total. The van der Waals surface area contributed by atoms with Gasteiger partial charge in [-0.1, -0.05) is 30.3 Å². The predicted molar refractivity (Wildman–Crippen MR) is 119 cm³/mol. The molecule has 3 aliphatic heterocycles. The first kappa shape index (κ1) is 19.7. The number of piperidine rings is 1. The van der Waals surface area contributed by atoms with Gasteiger partial charge in [-0.05, 0) is 29.6 Å². The highest BCUT2D eigenvalue weighted by Gasteiger charge is 2.40. The molecule has 176 valence electrons. The van der Waals surface area contributed by atoms with Crippen molar-refractivity contribution in [1.29, 1.82) is 0 Å². The van der Waals surface area contributed by atoms with Gasteiger partial charge >= 0.3 is 0 Å². The third-order valence-corrected chi connectivity index (χ3v) is 6.25. The molecule has 0 spiro atoms. The summed E-state index contributed by atoms with van der Waals surface area (Å²) >= 11 is 0. The van der Waals surface area contributed by atoms with E-state index in [0.29, 0.717) is 25.3 Å². The fraction of sp³-hybridized carbons (Fsp3) is 0.360. The number of nitrogens with one attached hydrogen (secondary N) is 1. The third-order valence-electron chi connectivity index (χ3n) is 6.25. The van der Waals surface area contributed by atoms with Crippen LogP contribution in [0.5, 0.6) is 5.75 Å². The Hall–Kier alpha value is -3.72. The zero-order chi connectivity index (χ0) is 25.4.